The molecule has 5 aromatic rings. The summed E-state index contributed by atoms with van der Waals surface area (Å²) in [6.45, 7) is 15.8. The van der Waals surface area contributed by atoms with E-state index in [9.17, 15) is 37.9 Å². The van der Waals surface area contributed by atoms with Crippen molar-refractivity contribution < 1.29 is 52.1 Å². The van der Waals surface area contributed by atoms with Crippen LogP contribution in [0.5, 0.6) is 0 Å². The molecule has 0 saturated heterocycles. The summed E-state index contributed by atoms with van der Waals surface area (Å²) < 4.78 is 42.9. The molecule has 14 N–H and O–H groups in total. The molecular formula is C96H145F2N19O9. The van der Waals surface area contributed by atoms with E-state index in [1.165, 1.54) is 115 Å². The summed E-state index contributed by atoms with van der Waals surface area (Å²) in [5, 5.41) is 27.6. The standard InChI is InChI=1S/C20H30F2N4O2.C20H30N4O2.C20H29N3O2.C19H30N4O2.C17H26N4O/c1-12(13-3-4-13)9-17-16(18(23)27)10-24-19(26-17)25-14-5-7-15(8-6-14)28-11-20(2,21)22;1-12(13-2-3-13)10-18-17(19(21)25)11-22-20(24-18)23-14-4-6-15(7-5-14)26-16-8-9-16;1-14(24)15-13-21-16(22-17(15)23-18(2)4-3-5-18)12-19-6-9-20(25,10-7-19)11-8-19;1-3-25-15-8-6-14(7-9-15)22-19-21-11-16(18(20)24)17(23-19)10-12(2)13-4-5-13;1-17(8-5-9-17)10-14-13(15(18)22)11-19-16(21-14)20-12-6-3-2-4-7-12/h10,12-15H,3-9,11H2,1-2H3,(H2,23,27)(H,24,25,26);11-16H,2-10H2,1H3,(H2,21,25)(H,22,23,24);13,25H,3-12H2,1-2H3,(H,21,22,23);11-15H,3-10H2,1-2H3,(H2,20,24)(H,21,22,23);11-12H,2-10H2,1H3,(H2,18,22)(H,19,20,21)/t2*12-,14?,15?;;12-,14?,15?;/m00.0./s1. The van der Waals surface area contributed by atoms with Crippen molar-refractivity contribution in [3.8, 4) is 0 Å². The van der Waals surface area contributed by atoms with Crippen LogP contribution in [0.25, 0.3) is 0 Å². The second-order valence-electron chi connectivity index (χ2n) is 40.6. The smallest absolute Gasteiger partial charge is 0.268 e. The number of halogens is 2. The second-order valence-corrected chi connectivity index (χ2v) is 40.6. The predicted molar refractivity (Wildman–Crippen MR) is 483 cm³/mol. The van der Waals surface area contributed by atoms with E-state index >= 15 is 0 Å². The van der Waals surface area contributed by atoms with Gasteiger partial charge in [0.2, 0.25) is 23.8 Å². The molecule has 2 bridgehead atoms. The van der Waals surface area contributed by atoms with Gasteiger partial charge in [0.05, 0.1) is 80.6 Å². The van der Waals surface area contributed by atoms with E-state index in [4.69, 9.17) is 42.1 Å². The number of amides is 4. The van der Waals surface area contributed by atoms with Crippen LogP contribution in [0, 0.1) is 46.3 Å². The van der Waals surface area contributed by atoms with Crippen molar-refractivity contribution in [2.24, 2.45) is 69.3 Å². The number of hydrogen-bond acceptors (Lipinski definition) is 24. The number of carbonyl (C=O) groups excluding carboxylic acids is 5. The van der Waals surface area contributed by atoms with E-state index in [0.717, 1.165) is 202 Å². The Kier molecular flexibility index (Phi) is 32.4. The zero-order valence-corrected chi connectivity index (χ0v) is 76.3. The van der Waals surface area contributed by atoms with Gasteiger partial charge in [-0.15, -0.1) is 0 Å². The lowest BCUT2D eigenvalue weighted by Crippen LogP contribution is -2.47. The predicted octanol–water partition coefficient (Wildman–Crippen LogP) is 16.3. The highest BCUT2D eigenvalue weighted by Gasteiger charge is 2.49. The van der Waals surface area contributed by atoms with Crippen LogP contribution in [0.1, 0.15) is 373 Å². The molecule has 126 heavy (non-hydrogen) atoms. The number of Topliss-reactive ketones (excluding diaryl/α,β-unsaturated/α-hetero) is 1. The third-order valence-corrected chi connectivity index (χ3v) is 29.3. The molecule has 13 saturated carbocycles. The normalized spacial score (nSPS) is 26.1. The van der Waals surface area contributed by atoms with Gasteiger partial charge in [0.1, 0.15) is 18.2 Å². The van der Waals surface area contributed by atoms with E-state index in [0.29, 0.717) is 130 Å². The molecule has 0 aliphatic heterocycles. The highest BCUT2D eigenvalue weighted by atomic mass is 19.3. The van der Waals surface area contributed by atoms with E-state index in [-0.39, 0.29) is 34.3 Å². The first-order valence-electron chi connectivity index (χ1n) is 48.0. The van der Waals surface area contributed by atoms with Crippen molar-refractivity contribution in [1.29, 1.82) is 0 Å². The Morgan fingerprint density at radius 2 is 0.802 bits per heavy atom. The number of nitrogens with one attached hydrogen (secondary N) is 5. The van der Waals surface area contributed by atoms with Gasteiger partial charge >= 0.3 is 0 Å². The number of ether oxygens (including phenoxy) is 3. The minimum Gasteiger partial charge on any atom is -0.390 e. The van der Waals surface area contributed by atoms with Gasteiger partial charge in [0, 0.05) is 80.6 Å². The highest BCUT2D eigenvalue weighted by Crippen LogP contribution is 2.54. The number of alkyl halides is 2. The minimum absolute atomic E-state index is 0.00975. The molecule has 30 heteroatoms. The van der Waals surface area contributed by atoms with Gasteiger partial charge in [-0.1, -0.05) is 53.4 Å². The van der Waals surface area contributed by atoms with E-state index < -0.39 is 41.8 Å². The third kappa shape index (κ3) is 28.3. The molecule has 0 aromatic carbocycles. The summed E-state index contributed by atoms with van der Waals surface area (Å²) in [5.74, 6) is 3.09. The molecule has 692 valence electrons. The lowest BCUT2D eigenvalue weighted by Gasteiger charge is -2.51. The van der Waals surface area contributed by atoms with Crippen molar-refractivity contribution >= 4 is 59.0 Å². The number of carbonyl (C=O) groups is 5. The first kappa shape index (κ1) is 95.2. The number of nitrogens with two attached hydrogens (primary N) is 4. The topological polar surface area (TPSA) is 426 Å². The van der Waals surface area contributed by atoms with E-state index in [1.54, 1.807) is 31.7 Å². The molecule has 3 atom stereocenters. The fourth-order valence-corrected chi connectivity index (χ4v) is 20.0. The van der Waals surface area contributed by atoms with Crippen LogP contribution in [0.2, 0.25) is 0 Å². The fourth-order valence-electron chi connectivity index (χ4n) is 20.0. The van der Waals surface area contributed by atoms with Crippen molar-refractivity contribution in [2.45, 2.75) is 391 Å². The summed E-state index contributed by atoms with van der Waals surface area (Å²) in [6.07, 6.45) is 54.1. The van der Waals surface area contributed by atoms with Crippen LogP contribution in [0.3, 0.4) is 0 Å². The Balaban J connectivity index is 0.000000135. The quantitative estimate of drug-likeness (QED) is 0.0168. The van der Waals surface area contributed by atoms with Crippen LogP contribution < -0.4 is 49.5 Å². The van der Waals surface area contributed by atoms with Crippen LogP contribution >= 0.6 is 0 Å². The summed E-state index contributed by atoms with van der Waals surface area (Å²) in [4.78, 5) is 104. The highest BCUT2D eigenvalue weighted by molar-refractivity contribution is 5.98. The van der Waals surface area contributed by atoms with Crippen LogP contribution in [-0.2, 0) is 46.3 Å². The van der Waals surface area contributed by atoms with Gasteiger partial charge in [0.15, 0.2) is 5.78 Å². The molecular weight excluding hydrogens is 1600 g/mol. The molecule has 28 nitrogen and oxygen atoms in total. The molecule has 13 fully saturated rings. The van der Waals surface area contributed by atoms with E-state index in [1.807, 2.05) is 6.92 Å². The number of anilines is 5. The SMILES string of the molecule is CC(=O)c1cnc(CC23CCC(O)(CC2)CC3)nc1NC1(C)CCC1.CC1(Cc2nc(NC3CCCCC3)ncc2C(N)=O)CCC1.CCOC1CCC(Nc2ncc(C(N)=O)c(C[C@H](C)C3CC3)n2)CC1.C[C@@H](Cc1nc(NC2CCC(OC3CC3)CC2)ncc1C(N)=O)C1CC1.C[C@@H](Cc1nc(NC2CCC(OCC(C)(F)F)CC2)ncc1C(N)=O)C1CC1. The summed E-state index contributed by atoms with van der Waals surface area (Å²) >= 11 is 0. The zero-order chi connectivity index (χ0) is 89.5. The number of primary amides is 4. The molecule has 0 unspecified atom stereocenters. The molecule has 0 spiro atoms. The Hall–Kier alpha value is -8.35. The van der Waals surface area contributed by atoms with Gasteiger partial charge in [-0.3, -0.25) is 24.0 Å². The van der Waals surface area contributed by atoms with Gasteiger partial charge in [-0.2, -0.15) is 0 Å². The third-order valence-electron chi connectivity index (χ3n) is 29.3. The van der Waals surface area contributed by atoms with Gasteiger partial charge in [0.25, 0.3) is 29.6 Å². The number of hydrogen-bond donors (Lipinski definition) is 10. The van der Waals surface area contributed by atoms with Crippen molar-refractivity contribution in [3.05, 3.63) is 87.4 Å². The number of fused-ring (bicyclic) bond motifs is 3. The molecule has 13 aliphatic rings. The monoisotopic (exact) mass is 1750 g/mol. The second kappa shape index (κ2) is 42.9. The van der Waals surface area contributed by atoms with Crippen molar-refractivity contribution in [2.75, 3.05) is 39.8 Å². The molecule has 13 aliphatic carbocycles. The number of rotatable bonds is 35. The molecule has 0 radical (unpaired) electrons. The summed E-state index contributed by atoms with van der Waals surface area (Å²) in [5.41, 5.74) is 27.6. The average Bonchev–Trinajstić information content (AvgIpc) is 1.18. The van der Waals surface area contributed by atoms with Crippen LogP contribution in [0.15, 0.2) is 31.0 Å². The minimum atomic E-state index is -2.79. The number of aromatic nitrogens is 10. The van der Waals surface area contributed by atoms with Gasteiger partial charge < -0.3 is 68.8 Å². The number of nitrogens with zero attached hydrogens (tertiary/aromatic N) is 10. The molecule has 4 amide bonds. The Labute approximate surface area is 744 Å². The molecule has 5 heterocycles. The zero-order valence-electron chi connectivity index (χ0n) is 76.3. The molecule has 5 aromatic heterocycles. The number of ketones is 1. The van der Waals surface area contributed by atoms with Gasteiger partial charge in [-0.05, 0) is 305 Å². The number of aliphatic hydroxyl groups is 1. The lowest BCUT2D eigenvalue weighted by atomic mass is 9.57. The molecule has 18 rings (SSSR count). The first-order valence-corrected chi connectivity index (χ1v) is 48.0. The summed E-state index contributed by atoms with van der Waals surface area (Å²) in [6, 6.07) is 1.36. The van der Waals surface area contributed by atoms with Gasteiger partial charge in [-0.25, -0.2) is 58.6 Å². The van der Waals surface area contributed by atoms with E-state index in [2.05, 4.69) is 106 Å². The first-order chi connectivity index (χ1) is 60.2. The Morgan fingerprint density at radius 3 is 1.14 bits per heavy atom. The maximum atomic E-state index is 12.9. The van der Waals surface area contributed by atoms with Crippen LogP contribution in [0.4, 0.5) is 38.4 Å². The summed E-state index contributed by atoms with van der Waals surface area (Å²) in [7, 11) is 0. The maximum Gasteiger partial charge on any atom is 0.268 e. The maximum absolute atomic E-state index is 12.9. The van der Waals surface area contributed by atoms with Crippen molar-refractivity contribution in [1.82, 2.24) is 49.8 Å². The fraction of sp³-hybridized carbons (Fsp3) is 0.740. The average molecular weight is 1750 g/mol. The Morgan fingerprint density at radius 1 is 0.444 bits per heavy atom. The van der Waals surface area contributed by atoms with Crippen LogP contribution in [-0.4, -0.2) is 163 Å². The largest absolute Gasteiger partial charge is 0.390 e. The lowest BCUT2D eigenvalue weighted by molar-refractivity contribution is -0.0944. The Bertz CT molecular complexity index is 4440. The van der Waals surface area contributed by atoms with Crippen molar-refractivity contribution in [3.63, 3.8) is 0 Å².